The molecule has 0 spiro atoms. The zero-order valence-corrected chi connectivity index (χ0v) is 14.1. The van der Waals surface area contributed by atoms with E-state index < -0.39 is 12.0 Å². The molecule has 7 heteroatoms. The van der Waals surface area contributed by atoms with Crippen molar-refractivity contribution in [1.29, 1.82) is 0 Å². The van der Waals surface area contributed by atoms with E-state index >= 15 is 0 Å². The highest BCUT2D eigenvalue weighted by molar-refractivity contribution is 6.31. The molecule has 0 radical (unpaired) electrons. The highest BCUT2D eigenvalue weighted by Crippen LogP contribution is 2.21. The molecule has 0 aromatic heterocycles. The summed E-state index contributed by atoms with van der Waals surface area (Å²) in [4.78, 5) is 27.8. The molecule has 0 saturated carbocycles. The average molecular weight is 340 g/mol. The zero-order chi connectivity index (χ0) is 17.0. The number of aliphatic carboxylic acids is 1. The van der Waals surface area contributed by atoms with E-state index in [1.807, 2.05) is 24.9 Å². The van der Waals surface area contributed by atoms with E-state index in [9.17, 15) is 14.7 Å². The van der Waals surface area contributed by atoms with Gasteiger partial charge in [0, 0.05) is 36.9 Å². The number of carboxylic acid groups (broad SMARTS) is 1. The van der Waals surface area contributed by atoms with Gasteiger partial charge in [0.25, 0.3) is 0 Å². The second-order valence-corrected chi connectivity index (χ2v) is 6.34. The van der Waals surface area contributed by atoms with Crippen molar-refractivity contribution < 1.29 is 14.7 Å². The van der Waals surface area contributed by atoms with E-state index in [1.54, 1.807) is 12.1 Å². The summed E-state index contributed by atoms with van der Waals surface area (Å²) in [5, 5.41) is 12.7. The summed E-state index contributed by atoms with van der Waals surface area (Å²) in [6.07, 6.45) is -0.0784. The molecular weight excluding hydrogens is 318 g/mol. The molecule has 1 aromatic rings. The molecule has 126 valence electrons. The summed E-state index contributed by atoms with van der Waals surface area (Å²) >= 11 is 5.93. The van der Waals surface area contributed by atoms with Crippen molar-refractivity contribution in [3.8, 4) is 0 Å². The molecule has 1 aromatic carbocycles. The van der Waals surface area contributed by atoms with Gasteiger partial charge in [-0.3, -0.25) is 14.5 Å². The number of amides is 1. The molecule has 1 heterocycles. The molecule has 0 aliphatic carbocycles. The van der Waals surface area contributed by atoms with E-state index in [-0.39, 0.29) is 12.3 Å². The number of carboxylic acids is 1. The number of benzene rings is 1. The molecule has 1 fully saturated rings. The molecule has 1 amide bonds. The fourth-order valence-electron chi connectivity index (χ4n) is 2.61. The first-order chi connectivity index (χ1) is 10.9. The van der Waals surface area contributed by atoms with Crippen LogP contribution in [0.4, 0.5) is 5.69 Å². The monoisotopic (exact) mass is 339 g/mol. The van der Waals surface area contributed by atoms with Crippen LogP contribution in [-0.4, -0.2) is 66.1 Å². The minimum Gasteiger partial charge on any atom is -0.480 e. The predicted molar refractivity (Wildman–Crippen MR) is 89.9 cm³/mol. The lowest BCUT2D eigenvalue weighted by atomic mass is 10.1. The van der Waals surface area contributed by atoms with Crippen molar-refractivity contribution in [3.05, 3.63) is 28.8 Å². The molecule has 2 rings (SSSR count). The lowest BCUT2D eigenvalue weighted by Crippen LogP contribution is -2.52. The second-order valence-electron chi connectivity index (χ2n) is 5.90. The van der Waals surface area contributed by atoms with E-state index in [2.05, 4.69) is 10.2 Å². The predicted octanol–water partition coefficient (Wildman–Crippen LogP) is 1.68. The van der Waals surface area contributed by atoms with Crippen molar-refractivity contribution in [1.82, 2.24) is 9.80 Å². The van der Waals surface area contributed by atoms with Gasteiger partial charge in [-0.2, -0.15) is 0 Å². The number of aryl methyl sites for hydroxylation is 1. The van der Waals surface area contributed by atoms with Crippen molar-refractivity contribution in [2.24, 2.45) is 0 Å². The van der Waals surface area contributed by atoms with Crippen LogP contribution >= 0.6 is 11.6 Å². The summed E-state index contributed by atoms with van der Waals surface area (Å²) in [5.41, 5.74) is 1.50. The summed E-state index contributed by atoms with van der Waals surface area (Å²) in [5.74, 6) is -1.28. The van der Waals surface area contributed by atoms with E-state index in [4.69, 9.17) is 11.6 Å². The number of hydrogen-bond acceptors (Lipinski definition) is 4. The summed E-state index contributed by atoms with van der Waals surface area (Å²) in [7, 11) is 2.00. The van der Waals surface area contributed by atoms with Gasteiger partial charge in [-0.15, -0.1) is 0 Å². The Balaban J connectivity index is 2.00. The van der Waals surface area contributed by atoms with Crippen LogP contribution in [0, 0.1) is 6.92 Å². The van der Waals surface area contributed by atoms with E-state index in [0.717, 1.165) is 18.7 Å². The maximum absolute atomic E-state index is 12.2. The first-order valence-corrected chi connectivity index (χ1v) is 7.96. The molecular formula is C16H22ClN3O3. The Hall–Kier alpha value is -1.63. The highest BCUT2D eigenvalue weighted by Gasteiger charge is 2.30. The number of likely N-dealkylation sites (N-methyl/N-ethyl adjacent to an activating group) is 1. The molecule has 1 atom stereocenters. The van der Waals surface area contributed by atoms with Gasteiger partial charge < -0.3 is 15.3 Å². The Morgan fingerprint density at radius 2 is 1.96 bits per heavy atom. The fraction of sp³-hybridized carbons (Fsp3) is 0.500. The van der Waals surface area contributed by atoms with Gasteiger partial charge in [0.2, 0.25) is 5.91 Å². The third-order valence-electron chi connectivity index (χ3n) is 4.12. The van der Waals surface area contributed by atoms with Crippen LogP contribution < -0.4 is 5.32 Å². The quantitative estimate of drug-likeness (QED) is 0.854. The molecule has 1 aliphatic heterocycles. The van der Waals surface area contributed by atoms with Gasteiger partial charge in [0.15, 0.2) is 0 Å². The number of carbonyl (C=O) groups is 2. The number of nitrogens with one attached hydrogen (secondary N) is 1. The van der Waals surface area contributed by atoms with Crippen molar-refractivity contribution in [2.45, 2.75) is 19.4 Å². The normalized spacial score (nSPS) is 17.7. The van der Waals surface area contributed by atoms with E-state index in [1.165, 1.54) is 0 Å². The van der Waals surface area contributed by atoms with Crippen LogP contribution in [0.5, 0.6) is 0 Å². The molecule has 6 nitrogen and oxygen atoms in total. The maximum Gasteiger partial charge on any atom is 0.321 e. The minimum absolute atomic E-state index is 0.0784. The van der Waals surface area contributed by atoms with Gasteiger partial charge in [0.1, 0.15) is 6.04 Å². The minimum atomic E-state index is -0.965. The second kappa shape index (κ2) is 7.77. The number of piperazine rings is 1. The van der Waals surface area contributed by atoms with Crippen LogP contribution in [0.3, 0.4) is 0 Å². The summed E-state index contributed by atoms with van der Waals surface area (Å²) in [6, 6.07) is 4.42. The van der Waals surface area contributed by atoms with Gasteiger partial charge in [0.05, 0.1) is 6.42 Å². The lowest BCUT2D eigenvalue weighted by Gasteiger charge is -2.35. The first kappa shape index (κ1) is 17.7. The maximum atomic E-state index is 12.2. The van der Waals surface area contributed by atoms with Crippen LogP contribution in [0.25, 0.3) is 0 Å². The molecule has 1 saturated heterocycles. The largest absolute Gasteiger partial charge is 0.480 e. The zero-order valence-electron chi connectivity index (χ0n) is 13.4. The smallest absolute Gasteiger partial charge is 0.321 e. The Morgan fingerprint density at radius 1 is 1.30 bits per heavy atom. The molecule has 1 unspecified atom stereocenters. The van der Waals surface area contributed by atoms with Gasteiger partial charge >= 0.3 is 5.97 Å². The third kappa shape index (κ3) is 4.92. The van der Waals surface area contributed by atoms with Crippen molar-refractivity contribution in [3.63, 3.8) is 0 Å². The molecule has 1 aliphatic rings. The number of nitrogens with zero attached hydrogens (tertiary/aromatic N) is 2. The number of carbonyl (C=O) groups excluding carboxylic acids is 1. The van der Waals surface area contributed by atoms with E-state index in [0.29, 0.717) is 23.8 Å². The van der Waals surface area contributed by atoms with Crippen molar-refractivity contribution >= 4 is 29.2 Å². The third-order valence-corrected chi connectivity index (χ3v) is 4.35. The average Bonchev–Trinajstić information content (AvgIpc) is 2.49. The Bertz CT molecular complexity index is 586. The van der Waals surface area contributed by atoms with Crippen molar-refractivity contribution in [2.75, 3.05) is 38.5 Å². The summed E-state index contributed by atoms with van der Waals surface area (Å²) < 4.78 is 0. The van der Waals surface area contributed by atoms with Gasteiger partial charge in [-0.1, -0.05) is 17.7 Å². The number of halogens is 1. The SMILES string of the molecule is Cc1ccc(Cl)cc1NC(=O)CC(C(=O)O)N1CCN(C)CC1. The Labute approximate surface area is 141 Å². The molecule has 2 N–H and O–H groups in total. The number of rotatable bonds is 5. The van der Waals surface area contributed by atoms with Crippen LogP contribution in [0.2, 0.25) is 5.02 Å². The summed E-state index contributed by atoms with van der Waals surface area (Å²) in [6.45, 7) is 4.77. The topological polar surface area (TPSA) is 72.9 Å². The Morgan fingerprint density at radius 3 is 2.57 bits per heavy atom. The first-order valence-electron chi connectivity index (χ1n) is 7.58. The van der Waals surface area contributed by atoms with Gasteiger partial charge in [-0.05, 0) is 31.7 Å². The van der Waals surface area contributed by atoms with Crippen LogP contribution in [0.1, 0.15) is 12.0 Å². The van der Waals surface area contributed by atoms with Crippen LogP contribution in [-0.2, 0) is 9.59 Å². The highest BCUT2D eigenvalue weighted by atomic mass is 35.5. The van der Waals surface area contributed by atoms with Crippen LogP contribution in [0.15, 0.2) is 18.2 Å². The van der Waals surface area contributed by atoms with Gasteiger partial charge in [-0.25, -0.2) is 0 Å². The molecule has 0 bridgehead atoms. The number of anilines is 1. The standard InChI is InChI=1S/C16H22ClN3O3/c1-11-3-4-12(17)9-13(11)18-15(21)10-14(16(22)23)20-7-5-19(2)6-8-20/h3-4,9,14H,5-8,10H2,1-2H3,(H,18,21)(H,22,23). The fourth-order valence-corrected chi connectivity index (χ4v) is 2.78. The lowest BCUT2D eigenvalue weighted by molar-refractivity contribution is -0.145. The molecule has 23 heavy (non-hydrogen) atoms. The number of hydrogen-bond donors (Lipinski definition) is 2. The Kier molecular flexibility index (Phi) is 5.98.